The van der Waals surface area contributed by atoms with Crippen molar-refractivity contribution < 1.29 is 26.7 Å². The minimum absolute atomic E-state index is 0.205. The molecule has 0 amide bonds. The predicted octanol–water partition coefficient (Wildman–Crippen LogP) is 6.28. The first-order chi connectivity index (χ1) is 16.7. The lowest BCUT2D eigenvalue weighted by atomic mass is 9.99. The zero-order valence-corrected chi connectivity index (χ0v) is 23.4. The molecule has 1 aromatic heterocycles. The number of anilines is 1. The highest BCUT2D eigenvalue weighted by atomic mass is 127. The molecule has 192 valence electrons. The number of hydrogen-bond acceptors (Lipinski definition) is 6. The number of aliphatic hydroxyl groups is 1. The fraction of sp³-hybridized carbons (Fsp3) is 0.280. The van der Waals surface area contributed by atoms with E-state index in [4.69, 9.17) is 0 Å². The molecule has 0 saturated heterocycles. The number of benzene rings is 2. The van der Waals surface area contributed by atoms with Crippen LogP contribution in [0.1, 0.15) is 29.9 Å². The van der Waals surface area contributed by atoms with E-state index in [0.717, 1.165) is 33.7 Å². The van der Waals surface area contributed by atoms with Crippen molar-refractivity contribution in [3.05, 3.63) is 76.7 Å². The monoisotopic (exact) mass is 648 g/mol. The SMILES string of the molecule is CC(C)(O)C1C=C(c2ccc(-c3cccc(S(C)(=O)=O)c3)s2)N(c2cc(C(F)(F)F)ccc2CI)N1. The van der Waals surface area contributed by atoms with Gasteiger partial charge in [-0.05, 0) is 67.4 Å². The van der Waals surface area contributed by atoms with Crippen LogP contribution in [0.3, 0.4) is 0 Å². The van der Waals surface area contributed by atoms with Crippen molar-refractivity contribution in [3.8, 4) is 10.4 Å². The Morgan fingerprint density at radius 3 is 2.39 bits per heavy atom. The molecule has 1 atom stereocenters. The highest BCUT2D eigenvalue weighted by molar-refractivity contribution is 14.1. The standard InChI is InChI=1S/C25H24F3IN2O3S2/c1-24(2,32)23-13-20(31(30-23)19-12-17(25(26,27)28)8-7-16(19)14-29)22-10-9-21(35-22)15-5-4-6-18(11-15)36(3,33)34/h4-13,23,30,32H,14H2,1-3H3. The third-order valence-electron chi connectivity index (χ3n) is 5.80. The summed E-state index contributed by atoms with van der Waals surface area (Å²) in [5.41, 5.74) is 3.62. The summed E-state index contributed by atoms with van der Waals surface area (Å²) in [5.74, 6) is 0. The number of hydrazine groups is 1. The topological polar surface area (TPSA) is 69.6 Å². The van der Waals surface area contributed by atoms with Crippen molar-refractivity contribution in [1.82, 2.24) is 5.43 Å². The van der Waals surface area contributed by atoms with E-state index in [9.17, 15) is 26.7 Å². The van der Waals surface area contributed by atoms with Gasteiger partial charge in [-0.2, -0.15) is 13.2 Å². The Labute approximate surface area is 225 Å². The summed E-state index contributed by atoms with van der Waals surface area (Å²) in [7, 11) is -3.38. The highest BCUT2D eigenvalue weighted by Crippen LogP contribution is 2.41. The first kappa shape index (κ1) is 27.1. The number of nitrogens with one attached hydrogen (secondary N) is 1. The van der Waals surface area contributed by atoms with Crippen molar-refractivity contribution in [2.45, 2.75) is 41.0 Å². The maximum atomic E-state index is 13.5. The van der Waals surface area contributed by atoms with Crippen LogP contribution in [0.2, 0.25) is 0 Å². The van der Waals surface area contributed by atoms with E-state index in [-0.39, 0.29) is 4.90 Å². The highest BCUT2D eigenvalue weighted by Gasteiger charge is 2.37. The molecule has 0 aliphatic carbocycles. The van der Waals surface area contributed by atoms with Gasteiger partial charge in [-0.3, -0.25) is 5.01 Å². The van der Waals surface area contributed by atoms with E-state index < -0.39 is 33.2 Å². The number of alkyl halides is 4. The third-order valence-corrected chi connectivity index (χ3v) is 8.89. The molecule has 1 unspecified atom stereocenters. The van der Waals surface area contributed by atoms with Crippen LogP contribution in [0, 0.1) is 0 Å². The first-order valence-corrected chi connectivity index (χ1v) is 15.1. The lowest BCUT2D eigenvalue weighted by Crippen LogP contribution is -2.48. The van der Waals surface area contributed by atoms with E-state index >= 15 is 0 Å². The average Bonchev–Trinajstić information content (AvgIpc) is 3.45. The van der Waals surface area contributed by atoms with Gasteiger partial charge in [-0.15, -0.1) is 11.3 Å². The molecular weight excluding hydrogens is 624 g/mol. The molecule has 36 heavy (non-hydrogen) atoms. The summed E-state index contributed by atoms with van der Waals surface area (Å²) < 4.78 is 65.1. The lowest BCUT2D eigenvalue weighted by molar-refractivity contribution is -0.137. The van der Waals surface area contributed by atoms with E-state index in [1.165, 1.54) is 23.5 Å². The fourth-order valence-electron chi connectivity index (χ4n) is 3.80. The van der Waals surface area contributed by atoms with Crippen molar-refractivity contribution in [1.29, 1.82) is 0 Å². The van der Waals surface area contributed by atoms with Crippen LogP contribution in [-0.4, -0.2) is 31.4 Å². The Morgan fingerprint density at radius 2 is 1.78 bits per heavy atom. The van der Waals surface area contributed by atoms with Crippen LogP contribution in [0.5, 0.6) is 0 Å². The van der Waals surface area contributed by atoms with E-state index in [1.54, 1.807) is 37.1 Å². The minimum atomic E-state index is -4.50. The molecule has 11 heteroatoms. The molecule has 2 N–H and O–H groups in total. The van der Waals surface area contributed by atoms with Crippen LogP contribution >= 0.6 is 33.9 Å². The number of nitrogens with zero attached hydrogens (tertiary/aromatic N) is 1. The van der Waals surface area contributed by atoms with Gasteiger partial charge in [0, 0.05) is 15.6 Å². The second-order valence-corrected chi connectivity index (χ2v) is 12.9. The Morgan fingerprint density at radius 1 is 1.08 bits per heavy atom. The van der Waals surface area contributed by atoms with E-state index in [0.29, 0.717) is 21.4 Å². The molecular formula is C25H24F3IN2O3S2. The molecule has 3 aromatic rings. The van der Waals surface area contributed by atoms with Crippen LogP contribution in [0.4, 0.5) is 18.9 Å². The molecule has 0 saturated carbocycles. The molecule has 0 fully saturated rings. The van der Waals surface area contributed by atoms with Crippen LogP contribution in [-0.2, 0) is 20.4 Å². The lowest BCUT2D eigenvalue weighted by Gasteiger charge is -2.30. The number of hydrogen-bond donors (Lipinski definition) is 2. The molecule has 2 heterocycles. The molecule has 5 nitrogen and oxygen atoms in total. The summed E-state index contributed by atoms with van der Waals surface area (Å²) in [6.45, 7) is 3.26. The quantitative estimate of drug-likeness (QED) is 0.244. The van der Waals surface area contributed by atoms with E-state index in [1.807, 2.05) is 18.2 Å². The van der Waals surface area contributed by atoms with Gasteiger partial charge in [0.2, 0.25) is 0 Å². The molecule has 0 bridgehead atoms. The maximum Gasteiger partial charge on any atom is 0.416 e. The van der Waals surface area contributed by atoms with Gasteiger partial charge >= 0.3 is 6.18 Å². The average molecular weight is 649 g/mol. The van der Waals surface area contributed by atoms with E-state index in [2.05, 4.69) is 28.0 Å². The largest absolute Gasteiger partial charge is 0.416 e. The summed E-state index contributed by atoms with van der Waals surface area (Å²) >= 11 is 3.50. The minimum Gasteiger partial charge on any atom is -0.388 e. The predicted molar refractivity (Wildman–Crippen MR) is 146 cm³/mol. The summed E-state index contributed by atoms with van der Waals surface area (Å²) in [4.78, 5) is 1.77. The van der Waals surface area contributed by atoms with Crippen molar-refractivity contribution in [3.63, 3.8) is 0 Å². The first-order valence-electron chi connectivity index (χ1n) is 10.9. The Balaban J connectivity index is 1.80. The number of rotatable bonds is 6. The second kappa shape index (κ2) is 9.75. The van der Waals surface area contributed by atoms with Gasteiger partial charge in [0.25, 0.3) is 0 Å². The van der Waals surface area contributed by atoms with Crippen molar-refractivity contribution in [2.24, 2.45) is 0 Å². The van der Waals surface area contributed by atoms with Crippen LogP contribution in [0.15, 0.2) is 65.6 Å². The molecule has 1 aliphatic rings. The van der Waals surface area contributed by atoms with Gasteiger partial charge in [0.1, 0.15) is 0 Å². The third kappa shape index (κ3) is 5.64. The molecule has 0 spiro atoms. The van der Waals surface area contributed by atoms with Crippen molar-refractivity contribution in [2.75, 3.05) is 11.3 Å². The van der Waals surface area contributed by atoms with Gasteiger partial charge < -0.3 is 5.11 Å². The molecule has 2 aromatic carbocycles. The van der Waals surface area contributed by atoms with Crippen LogP contribution in [0.25, 0.3) is 16.1 Å². The second-order valence-electron chi connectivity index (χ2n) is 9.09. The zero-order chi connectivity index (χ0) is 26.5. The summed E-state index contributed by atoms with van der Waals surface area (Å²) in [6, 6.07) is 13.4. The Bertz CT molecular complexity index is 1430. The summed E-state index contributed by atoms with van der Waals surface area (Å²) in [5, 5.41) is 12.3. The van der Waals surface area contributed by atoms with Crippen molar-refractivity contribution >= 4 is 55.1 Å². The van der Waals surface area contributed by atoms with Crippen LogP contribution < -0.4 is 10.4 Å². The number of sulfone groups is 1. The smallest absolute Gasteiger partial charge is 0.388 e. The Kier molecular flexibility index (Phi) is 7.34. The fourth-order valence-corrected chi connectivity index (χ4v) is 6.13. The normalized spacial score (nSPS) is 16.9. The molecule has 1 aliphatic heterocycles. The maximum absolute atomic E-state index is 13.5. The Hall–Kier alpha value is -1.93. The number of thiophene rings is 1. The number of halogens is 4. The van der Waals surface area contributed by atoms with Gasteiger partial charge in [0.15, 0.2) is 9.84 Å². The molecule has 0 radical (unpaired) electrons. The van der Waals surface area contributed by atoms with Gasteiger partial charge in [-0.1, -0.05) is 40.8 Å². The van der Waals surface area contributed by atoms with Gasteiger partial charge in [-0.25, -0.2) is 13.8 Å². The zero-order valence-electron chi connectivity index (χ0n) is 19.6. The molecule has 4 rings (SSSR count). The summed E-state index contributed by atoms with van der Waals surface area (Å²) in [6.07, 6.45) is -1.55. The van der Waals surface area contributed by atoms with Gasteiger partial charge in [0.05, 0.1) is 38.4 Å².